The Balaban J connectivity index is 3.00. The molecule has 0 saturated carbocycles. The topological polar surface area (TPSA) is 35.5 Å². The first-order valence-electron chi connectivity index (χ1n) is 6.57. The van der Waals surface area contributed by atoms with E-state index < -0.39 is 33.1 Å². The van der Waals surface area contributed by atoms with Gasteiger partial charge in [0.25, 0.3) is 0 Å². The number of ether oxygens (including phenoxy) is 1. The summed E-state index contributed by atoms with van der Waals surface area (Å²) < 4.78 is 11.6. The second kappa shape index (κ2) is 7.55. The van der Waals surface area contributed by atoms with Gasteiger partial charge >= 0.3 is 130 Å². The first-order chi connectivity index (χ1) is 8.86. The summed E-state index contributed by atoms with van der Waals surface area (Å²) in [6.07, 6.45) is 0. The molecule has 102 valence electrons. The Labute approximate surface area is 129 Å². The van der Waals surface area contributed by atoms with Crippen LogP contribution in [0.4, 0.5) is 0 Å². The molecule has 1 aromatic carbocycles. The van der Waals surface area contributed by atoms with E-state index in [0.717, 1.165) is 0 Å². The number of carbonyl (C=O) groups is 1. The van der Waals surface area contributed by atoms with Gasteiger partial charge in [0, 0.05) is 0 Å². The second-order valence-corrected chi connectivity index (χ2v) is 17.0. The molecule has 0 aliphatic carbocycles. The van der Waals surface area contributed by atoms with Crippen LogP contribution in [-0.2, 0) is 37.2 Å². The summed E-state index contributed by atoms with van der Waals surface area (Å²) in [6, 6.07) is 10.3. The fourth-order valence-corrected chi connectivity index (χ4v) is 18.4. The Hall–Kier alpha value is -0.198. The van der Waals surface area contributed by atoms with Crippen LogP contribution in [0.2, 0.25) is 19.6 Å². The predicted molar refractivity (Wildman–Crippen MR) is 75.1 cm³/mol. The molecular formula is C14H22HgO3Si. The molecular weight excluding hydrogens is 445 g/mol. The molecule has 19 heavy (non-hydrogen) atoms. The van der Waals surface area contributed by atoms with Crippen molar-refractivity contribution in [1.82, 2.24) is 0 Å². The van der Waals surface area contributed by atoms with Crippen molar-refractivity contribution in [3.8, 4) is 0 Å². The van der Waals surface area contributed by atoms with Crippen LogP contribution in [0.1, 0.15) is 15.9 Å². The van der Waals surface area contributed by atoms with E-state index in [4.69, 9.17) is 7.38 Å². The van der Waals surface area contributed by atoms with Crippen LogP contribution < -0.4 is 0 Å². The molecule has 1 rings (SSSR count). The van der Waals surface area contributed by atoms with Crippen LogP contribution in [-0.4, -0.2) is 26.9 Å². The molecule has 3 nitrogen and oxygen atoms in total. The molecule has 0 radical (unpaired) electrons. The zero-order valence-corrected chi connectivity index (χ0v) is 19.0. The standard InChI is InChI=1S/C12H19OSi.C2H4O2.Hg/c1-13-12(14(2,3)4)10-11-8-6-5-7-9-11;1-2(3)4;/h5-10,12H,1-4H3;1H3,(H,3,4);/q;;+1/p-1. The van der Waals surface area contributed by atoms with E-state index in [1.807, 2.05) is 18.2 Å². The van der Waals surface area contributed by atoms with E-state index in [0.29, 0.717) is 3.43 Å². The van der Waals surface area contributed by atoms with Gasteiger partial charge in [0.1, 0.15) is 0 Å². The number of hydrogen-bond donors (Lipinski definition) is 0. The van der Waals surface area contributed by atoms with Crippen LogP contribution in [0.25, 0.3) is 0 Å². The average Bonchev–Trinajstić information content (AvgIpc) is 2.33. The summed E-state index contributed by atoms with van der Waals surface area (Å²) in [5, 5.41) is 0. The van der Waals surface area contributed by atoms with Crippen LogP contribution in [0, 0.1) is 0 Å². The number of rotatable bonds is 6. The van der Waals surface area contributed by atoms with E-state index in [-0.39, 0.29) is 11.7 Å². The third-order valence-electron chi connectivity index (χ3n) is 3.17. The van der Waals surface area contributed by atoms with Crippen molar-refractivity contribution in [3.63, 3.8) is 0 Å². The number of methoxy groups -OCH3 is 1. The Bertz CT molecular complexity index is 403. The average molecular weight is 467 g/mol. The first kappa shape index (κ1) is 16.9. The van der Waals surface area contributed by atoms with E-state index >= 15 is 0 Å². The Morgan fingerprint density at radius 3 is 2.21 bits per heavy atom. The first-order valence-corrected chi connectivity index (χ1v) is 15.6. The molecule has 0 N–H and O–H groups in total. The van der Waals surface area contributed by atoms with Crippen LogP contribution in [0.3, 0.4) is 0 Å². The third kappa shape index (κ3) is 5.36. The molecule has 0 fully saturated rings. The maximum atomic E-state index is 11.1. The van der Waals surface area contributed by atoms with Crippen molar-refractivity contribution >= 4 is 14.0 Å². The fraction of sp³-hybridized carbons (Fsp3) is 0.500. The van der Waals surface area contributed by atoms with Crippen LogP contribution >= 0.6 is 0 Å². The van der Waals surface area contributed by atoms with Gasteiger partial charge in [-0.25, -0.2) is 0 Å². The van der Waals surface area contributed by atoms with Gasteiger partial charge in [-0.2, -0.15) is 0 Å². The molecule has 1 aromatic rings. The molecule has 2 unspecified atom stereocenters. The van der Waals surface area contributed by atoms with Gasteiger partial charge in [0.2, 0.25) is 0 Å². The molecule has 5 heteroatoms. The second-order valence-electron chi connectivity index (χ2n) is 5.84. The van der Waals surface area contributed by atoms with Crippen LogP contribution in [0.15, 0.2) is 30.3 Å². The Kier molecular flexibility index (Phi) is 6.70. The maximum absolute atomic E-state index is 11.1. The van der Waals surface area contributed by atoms with Gasteiger partial charge in [-0.3, -0.25) is 0 Å². The summed E-state index contributed by atoms with van der Waals surface area (Å²) in [6.45, 7) is 8.41. The third-order valence-corrected chi connectivity index (χ3v) is 14.5. The number of hydrogen-bond acceptors (Lipinski definition) is 3. The summed E-state index contributed by atoms with van der Waals surface area (Å²) >= 11 is -1.82. The Morgan fingerprint density at radius 2 is 1.79 bits per heavy atom. The van der Waals surface area contributed by atoms with Crippen molar-refractivity contribution in [2.45, 2.75) is 35.7 Å². The summed E-state index contributed by atoms with van der Waals surface area (Å²) in [7, 11) is 0.316. The number of carbonyl (C=O) groups excluding carboxylic acids is 1. The molecule has 0 aromatic heterocycles. The van der Waals surface area contributed by atoms with Gasteiger partial charge in [0.05, 0.1) is 0 Å². The summed E-state index contributed by atoms with van der Waals surface area (Å²) in [4.78, 5) is 11.1. The summed E-state index contributed by atoms with van der Waals surface area (Å²) in [5.74, 6) is -0.145. The zero-order chi connectivity index (χ0) is 14.5. The normalized spacial score (nSPS) is 14.4. The van der Waals surface area contributed by atoms with Gasteiger partial charge in [-0.05, 0) is 0 Å². The molecule has 0 spiro atoms. The molecule has 0 bridgehead atoms. The quantitative estimate of drug-likeness (QED) is 0.604. The van der Waals surface area contributed by atoms with Gasteiger partial charge in [0.15, 0.2) is 0 Å². The predicted octanol–water partition coefficient (Wildman–Crippen LogP) is 3.18. The van der Waals surface area contributed by atoms with Gasteiger partial charge in [-0.15, -0.1) is 0 Å². The Morgan fingerprint density at radius 1 is 1.21 bits per heavy atom. The van der Waals surface area contributed by atoms with E-state index in [1.165, 1.54) is 12.5 Å². The van der Waals surface area contributed by atoms with E-state index in [2.05, 4.69) is 31.8 Å². The van der Waals surface area contributed by atoms with Gasteiger partial charge in [-0.1, -0.05) is 0 Å². The minimum atomic E-state index is -1.82. The van der Waals surface area contributed by atoms with Gasteiger partial charge < -0.3 is 0 Å². The van der Waals surface area contributed by atoms with Crippen molar-refractivity contribution in [1.29, 1.82) is 0 Å². The summed E-state index contributed by atoms with van der Waals surface area (Å²) in [5.41, 5.74) is 1.48. The van der Waals surface area contributed by atoms with Crippen molar-refractivity contribution in [2.75, 3.05) is 7.11 Å². The SMILES string of the molecule is COC([CH]([Hg][O]C(C)=O)c1ccccc1)[Si](C)(C)C. The molecule has 0 amide bonds. The molecule has 0 heterocycles. The van der Waals surface area contributed by atoms with E-state index in [9.17, 15) is 4.79 Å². The van der Waals surface area contributed by atoms with Crippen molar-refractivity contribution in [2.24, 2.45) is 0 Å². The molecule has 2 atom stereocenters. The minimum absolute atomic E-state index is 0.145. The zero-order valence-electron chi connectivity index (χ0n) is 12.5. The molecule has 0 aliphatic heterocycles. The molecule has 0 saturated heterocycles. The van der Waals surface area contributed by atoms with Crippen molar-refractivity contribution in [3.05, 3.63) is 35.9 Å². The van der Waals surface area contributed by atoms with Crippen molar-refractivity contribution < 1.29 is 37.2 Å². The monoisotopic (exact) mass is 468 g/mol. The van der Waals surface area contributed by atoms with E-state index in [1.54, 1.807) is 7.11 Å². The fourth-order valence-electron chi connectivity index (χ4n) is 2.39. The molecule has 0 aliphatic rings. The number of benzene rings is 1. The van der Waals surface area contributed by atoms with Crippen LogP contribution in [0.5, 0.6) is 0 Å².